The molecule has 0 unspecified atom stereocenters. The van der Waals surface area contributed by atoms with Crippen molar-refractivity contribution in [3.63, 3.8) is 0 Å². The molecular formula is C30H34Cl2N2O3S. The van der Waals surface area contributed by atoms with Gasteiger partial charge in [0.25, 0.3) is 0 Å². The van der Waals surface area contributed by atoms with Gasteiger partial charge in [-0.15, -0.1) is 11.8 Å². The van der Waals surface area contributed by atoms with Crippen LogP contribution in [-0.4, -0.2) is 42.2 Å². The molecule has 2 amide bonds. The third-order valence-corrected chi connectivity index (χ3v) is 7.54. The molecule has 3 rings (SSSR count). The van der Waals surface area contributed by atoms with E-state index in [9.17, 15) is 9.59 Å². The van der Waals surface area contributed by atoms with E-state index in [-0.39, 0.29) is 30.0 Å². The Hall–Kier alpha value is -2.67. The Kier molecular flexibility index (Phi) is 11.8. The summed E-state index contributed by atoms with van der Waals surface area (Å²) in [7, 11) is 1.63. The molecule has 8 heteroatoms. The first-order chi connectivity index (χ1) is 18.3. The van der Waals surface area contributed by atoms with E-state index in [1.165, 1.54) is 11.8 Å². The molecule has 3 aromatic rings. The number of methoxy groups -OCH3 is 1. The summed E-state index contributed by atoms with van der Waals surface area (Å²) in [4.78, 5) is 28.9. The highest BCUT2D eigenvalue weighted by molar-refractivity contribution is 7.99. The van der Waals surface area contributed by atoms with Gasteiger partial charge in [-0.3, -0.25) is 9.59 Å². The Morgan fingerprint density at radius 1 is 0.974 bits per heavy atom. The van der Waals surface area contributed by atoms with Crippen LogP contribution < -0.4 is 10.1 Å². The molecular weight excluding hydrogens is 539 g/mol. The third-order valence-electron chi connectivity index (χ3n) is 5.96. The fourth-order valence-corrected chi connectivity index (χ4v) is 5.21. The van der Waals surface area contributed by atoms with Gasteiger partial charge in [-0.25, -0.2) is 0 Å². The summed E-state index contributed by atoms with van der Waals surface area (Å²) in [5.74, 6) is 1.65. The third kappa shape index (κ3) is 9.26. The Morgan fingerprint density at radius 3 is 2.32 bits per heavy atom. The van der Waals surface area contributed by atoms with Crippen molar-refractivity contribution in [3.8, 4) is 5.75 Å². The number of benzene rings is 3. The molecule has 1 atom stereocenters. The average Bonchev–Trinajstić information content (AvgIpc) is 2.91. The fourth-order valence-electron chi connectivity index (χ4n) is 3.87. The van der Waals surface area contributed by atoms with Gasteiger partial charge in [0.05, 0.1) is 12.9 Å². The number of carbonyl (C=O) groups excluding carboxylic acids is 2. The zero-order valence-electron chi connectivity index (χ0n) is 22.0. The minimum atomic E-state index is -0.697. The van der Waals surface area contributed by atoms with Crippen LogP contribution in [-0.2, 0) is 28.3 Å². The molecule has 0 aliphatic heterocycles. The summed E-state index contributed by atoms with van der Waals surface area (Å²) in [6.45, 7) is 4.81. The number of ether oxygens (including phenoxy) is 1. The Morgan fingerprint density at radius 2 is 1.68 bits per heavy atom. The highest BCUT2D eigenvalue weighted by Crippen LogP contribution is 2.25. The maximum atomic E-state index is 13.7. The molecule has 3 aromatic carbocycles. The van der Waals surface area contributed by atoms with E-state index < -0.39 is 6.04 Å². The van der Waals surface area contributed by atoms with Crippen molar-refractivity contribution < 1.29 is 14.3 Å². The van der Waals surface area contributed by atoms with Crippen molar-refractivity contribution in [1.29, 1.82) is 0 Å². The molecule has 0 aromatic heterocycles. The Labute approximate surface area is 239 Å². The van der Waals surface area contributed by atoms with Crippen molar-refractivity contribution in [2.45, 2.75) is 38.6 Å². The molecule has 38 heavy (non-hydrogen) atoms. The van der Waals surface area contributed by atoms with Crippen LogP contribution in [0.1, 0.15) is 30.5 Å². The predicted molar refractivity (Wildman–Crippen MR) is 158 cm³/mol. The maximum Gasteiger partial charge on any atom is 0.243 e. The highest BCUT2D eigenvalue weighted by atomic mass is 35.5. The van der Waals surface area contributed by atoms with Gasteiger partial charge in [0.1, 0.15) is 11.8 Å². The van der Waals surface area contributed by atoms with Crippen molar-refractivity contribution >= 4 is 46.8 Å². The summed E-state index contributed by atoms with van der Waals surface area (Å²) in [6.07, 6.45) is 0.394. The zero-order chi connectivity index (χ0) is 27.5. The lowest BCUT2D eigenvalue weighted by molar-refractivity contribution is -0.139. The molecule has 0 radical (unpaired) electrons. The monoisotopic (exact) mass is 572 g/mol. The van der Waals surface area contributed by atoms with Gasteiger partial charge >= 0.3 is 0 Å². The smallest absolute Gasteiger partial charge is 0.243 e. The SMILES string of the molecule is COc1ccc(CSCC(=O)N(Cc2ccc(Cl)cc2Cl)[C@H](Cc2ccccc2)C(=O)NCC(C)C)cc1. The summed E-state index contributed by atoms with van der Waals surface area (Å²) in [6, 6.07) is 22.0. The molecule has 0 saturated carbocycles. The van der Waals surface area contributed by atoms with E-state index in [1.54, 1.807) is 30.2 Å². The van der Waals surface area contributed by atoms with E-state index in [2.05, 4.69) is 5.32 Å². The van der Waals surface area contributed by atoms with Crippen molar-refractivity contribution in [2.75, 3.05) is 19.4 Å². The largest absolute Gasteiger partial charge is 0.497 e. The Balaban J connectivity index is 1.85. The maximum absolute atomic E-state index is 13.7. The standard InChI is InChI=1S/C30H34Cl2N2O3S/c1-21(2)17-33-30(36)28(15-22-7-5-4-6-8-22)34(18-24-11-12-25(31)16-27(24)32)29(35)20-38-19-23-9-13-26(37-3)14-10-23/h4-14,16,21,28H,15,17-20H2,1-3H3,(H,33,36)/t28-/m1/s1. The summed E-state index contributed by atoms with van der Waals surface area (Å²) in [5, 5.41) is 4.01. The first-order valence-corrected chi connectivity index (χ1v) is 14.4. The fraction of sp³-hybridized carbons (Fsp3) is 0.333. The lowest BCUT2D eigenvalue weighted by Gasteiger charge is -2.32. The second kappa shape index (κ2) is 15.1. The van der Waals surface area contributed by atoms with Gasteiger partial charge in [-0.05, 0) is 46.9 Å². The average molecular weight is 574 g/mol. The topological polar surface area (TPSA) is 58.6 Å². The van der Waals surface area contributed by atoms with Gasteiger partial charge in [0, 0.05) is 35.3 Å². The van der Waals surface area contributed by atoms with Crippen molar-refractivity contribution in [1.82, 2.24) is 10.2 Å². The minimum Gasteiger partial charge on any atom is -0.497 e. The molecule has 202 valence electrons. The number of nitrogens with zero attached hydrogens (tertiary/aromatic N) is 1. The molecule has 5 nitrogen and oxygen atoms in total. The van der Waals surface area contributed by atoms with Crippen molar-refractivity contribution in [2.24, 2.45) is 5.92 Å². The second-order valence-corrected chi connectivity index (χ2v) is 11.3. The molecule has 0 bridgehead atoms. The summed E-state index contributed by atoms with van der Waals surface area (Å²) >= 11 is 14.1. The number of amides is 2. The predicted octanol–water partition coefficient (Wildman–Crippen LogP) is 6.65. The van der Waals surface area contributed by atoms with Gasteiger partial charge in [0.2, 0.25) is 11.8 Å². The van der Waals surface area contributed by atoms with Crippen LogP contribution in [0.15, 0.2) is 72.8 Å². The summed E-state index contributed by atoms with van der Waals surface area (Å²) in [5.41, 5.74) is 2.80. The molecule has 0 saturated heterocycles. The highest BCUT2D eigenvalue weighted by Gasteiger charge is 2.30. The van der Waals surface area contributed by atoms with E-state index >= 15 is 0 Å². The quantitative estimate of drug-likeness (QED) is 0.249. The molecule has 0 aliphatic rings. The molecule has 0 heterocycles. The van der Waals surface area contributed by atoms with E-state index in [1.807, 2.05) is 68.4 Å². The number of rotatable bonds is 13. The minimum absolute atomic E-state index is 0.129. The number of carbonyl (C=O) groups is 2. The van der Waals surface area contributed by atoms with E-state index in [0.29, 0.717) is 28.8 Å². The van der Waals surface area contributed by atoms with Crippen LogP contribution in [0.5, 0.6) is 5.75 Å². The summed E-state index contributed by atoms with van der Waals surface area (Å²) < 4.78 is 5.22. The lowest BCUT2D eigenvalue weighted by Crippen LogP contribution is -2.51. The number of thioether (sulfide) groups is 1. The molecule has 0 spiro atoms. The van der Waals surface area contributed by atoms with Crippen LogP contribution in [0.4, 0.5) is 0 Å². The normalized spacial score (nSPS) is 11.7. The van der Waals surface area contributed by atoms with Crippen LogP contribution in [0.25, 0.3) is 0 Å². The van der Waals surface area contributed by atoms with Crippen LogP contribution in [0.2, 0.25) is 10.0 Å². The van der Waals surface area contributed by atoms with Gasteiger partial charge in [0.15, 0.2) is 0 Å². The van der Waals surface area contributed by atoms with Crippen LogP contribution in [0, 0.1) is 5.92 Å². The molecule has 0 aliphatic carbocycles. The number of hydrogen-bond acceptors (Lipinski definition) is 4. The van der Waals surface area contributed by atoms with Crippen molar-refractivity contribution in [3.05, 3.63) is 99.5 Å². The van der Waals surface area contributed by atoms with Gasteiger partial charge in [-0.1, -0.05) is 85.6 Å². The van der Waals surface area contributed by atoms with Crippen LogP contribution in [0.3, 0.4) is 0 Å². The van der Waals surface area contributed by atoms with Gasteiger partial charge < -0.3 is 15.0 Å². The first-order valence-electron chi connectivity index (χ1n) is 12.5. The molecule has 0 fully saturated rings. The van der Waals surface area contributed by atoms with E-state index in [0.717, 1.165) is 22.4 Å². The number of hydrogen-bond donors (Lipinski definition) is 1. The van der Waals surface area contributed by atoms with Gasteiger partial charge in [-0.2, -0.15) is 0 Å². The zero-order valence-corrected chi connectivity index (χ0v) is 24.3. The lowest BCUT2D eigenvalue weighted by atomic mass is 10.0. The number of halogens is 2. The molecule has 1 N–H and O–H groups in total. The second-order valence-electron chi connectivity index (χ2n) is 9.44. The van der Waals surface area contributed by atoms with Crippen LogP contribution >= 0.6 is 35.0 Å². The first kappa shape index (κ1) is 29.9. The number of nitrogens with one attached hydrogen (secondary N) is 1. The Bertz CT molecular complexity index is 1190. The van der Waals surface area contributed by atoms with E-state index in [4.69, 9.17) is 27.9 Å².